The van der Waals surface area contributed by atoms with E-state index in [1.54, 1.807) is 11.3 Å². The van der Waals surface area contributed by atoms with Crippen molar-refractivity contribution in [1.29, 1.82) is 0 Å². The number of nitrogens with zero attached hydrogens (tertiary/aromatic N) is 9. The van der Waals surface area contributed by atoms with Crippen LogP contribution in [0.5, 0.6) is 0 Å². The van der Waals surface area contributed by atoms with Gasteiger partial charge < -0.3 is 27.2 Å². The van der Waals surface area contributed by atoms with Crippen molar-refractivity contribution in [2.45, 2.75) is 0 Å². The fourth-order valence-corrected chi connectivity index (χ4v) is 27.2. The van der Waals surface area contributed by atoms with E-state index >= 15 is 0 Å². The molecule has 0 unspecified atom stereocenters. The maximum Gasteiger partial charge on any atom is 0.235 e. The molecule has 35 aromatic rings. The Balaban J connectivity index is 0.000000101. The summed E-state index contributed by atoms with van der Waals surface area (Å²) in [7, 11) is 0. The van der Waals surface area contributed by atoms with E-state index in [1.165, 1.54) is 180 Å². The largest absolute Gasteiger partial charge is 0.311 e. The van der Waals surface area contributed by atoms with Crippen molar-refractivity contribution < 1.29 is 6.85 Å². The molecule has 0 saturated heterocycles. The summed E-state index contributed by atoms with van der Waals surface area (Å²) in [6.07, 6.45) is 0. The van der Waals surface area contributed by atoms with Crippen LogP contribution in [0.2, 0.25) is 0 Å². The molecular formula is C140H83N9S. The van der Waals surface area contributed by atoms with E-state index in [9.17, 15) is 2.74 Å². The highest BCUT2D eigenvalue weighted by Gasteiger charge is 2.33. The molecule has 0 fully saturated rings. The van der Waals surface area contributed by atoms with Crippen molar-refractivity contribution in [3.05, 3.63) is 503 Å². The Morgan fingerprint density at radius 1 is 0.207 bits per heavy atom. The molecule has 694 valence electrons. The number of thiophene rings is 1. The van der Waals surface area contributed by atoms with Crippen LogP contribution in [0.25, 0.3) is 294 Å². The van der Waals surface area contributed by atoms with Crippen LogP contribution in [0.3, 0.4) is 0 Å². The van der Waals surface area contributed by atoms with Gasteiger partial charge in [-0.3, -0.25) is 4.57 Å². The van der Waals surface area contributed by atoms with Gasteiger partial charge in [0, 0.05) is 162 Å². The van der Waals surface area contributed by atoms with Crippen molar-refractivity contribution in [3.63, 3.8) is 0 Å². The summed E-state index contributed by atoms with van der Waals surface area (Å²) in [5.74, 6) is 0.644. The van der Waals surface area contributed by atoms with Gasteiger partial charge in [-0.05, 0) is 153 Å². The van der Waals surface area contributed by atoms with Crippen molar-refractivity contribution in [2.75, 3.05) is 4.90 Å². The normalized spacial score (nSPS) is 12.7. The average molecular weight is 1930 g/mol. The van der Waals surface area contributed by atoms with E-state index < -0.39 is 6.04 Å². The van der Waals surface area contributed by atoms with Gasteiger partial charge in [0.05, 0.1) is 107 Å². The summed E-state index contributed by atoms with van der Waals surface area (Å²) in [6.45, 7) is 0. The van der Waals surface area contributed by atoms with Crippen LogP contribution in [0.15, 0.2) is 503 Å². The van der Waals surface area contributed by atoms with Gasteiger partial charge in [0.25, 0.3) is 0 Å². The monoisotopic (exact) mass is 1930 g/mol. The maximum absolute atomic E-state index is 9.34. The molecule has 0 spiro atoms. The molecule has 0 N–H and O–H groups in total. The fourth-order valence-electron chi connectivity index (χ4n) is 26.1. The number of aromatic nitrogens is 8. The quantitative estimate of drug-likeness (QED) is 0.145. The van der Waals surface area contributed by atoms with Crippen LogP contribution >= 0.6 is 11.3 Å². The van der Waals surface area contributed by atoms with Gasteiger partial charge in [-0.1, -0.05) is 394 Å². The van der Waals surface area contributed by atoms with Crippen molar-refractivity contribution in [2.24, 2.45) is 0 Å². The van der Waals surface area contributed by atoms with E-state index in [0.717, 1.165) is 114 Å². The Morgan fingerprint density at radius 3 is 1.12 bits per heavy atom. The van der Waals surface area contributed by atoms with E-state index in [0.29, 0.717) is 11.5 Å². The minimum absolute atomic E-state index is 0.200. The molecule has 0 aliphatic rings. The van der Waals surface area contributed by atoms with Crippen molar-refractivity contribution in [3.8, 4) is 50.8 Å². The Hall–Kier alpha value is -19.8. The number of hydrogen-bond acceptors (Lipinski definition) is 4. The lowest BCUT2D eigenvalue weighted by Gasteiger charge is -2.25. The molecule has 24 aromatic carbocycles. The molecule has 0 amide bonds. The highest BCUT2D eigenvalue weighted by Crippen LogP contribution is 2.56. The van der Waals surface area contributed by atoms with Crippen molar-refractivity contribution in [1.82, 2.24) is 36.9 Å². The highest BCUT2D eigenvalue weighted by atomic mass is 32.1. The predicted molar refractivity (Wildman–Crippen MR) is 636 cm³/mol. The van der Waals surface area contributed by atoms with Crippen LogP contribution in [-0.4, -0.2) is 36.9 Å². The average Bonchev–Trinajstić information content (AvgIpc) is 1.51. The van der Waals surface area contributed by atoms with Crippen LogP contribution in [0.1, 0.15) is 6.85 Å². The first-order valence-corrected chi connectivity index (χ1v) is 51.9. The number of para-hydroxylation sites is 12. The first-order chi connectivity index (χ1) is 76.6. The molecule has 0 bridgehead atoms. The lowest BCUT2D eigenvalue weighted by atomic mass is 9.96. The lowest BCUT2D eigenvalue weighted by Crippen LogP contribution is -2.09. The van der Waals surface area contributed by atoms with Crippen LogP contribution in [0.4, 0.5) is 17.1 Å². The third kappa shape index (κ3) is 11.5. The van der Waals surface area contributed by atoms with Crippen molar-refractivity contribution >= 4 is 271 Å². The Bertz CT molecular complexity index is 12100. The van der Waals surface area contributed by atoms with E-state index in [4.69, 9.17) is 14.1 Å². The van der Waals surface area contributed by atoms with E-state index in [1.807, 2.05) is 12.1 Å². The summed E-state index contributed by atoms with van der Waals surface area (Å²) in [4.78, 5) is 13.3. The fraction of sp³-hybridized carbons (Fsp3) is 0. The molecule has 10 heteroatoms. The van der Waals surface area contributed by atoms with Crippen LogP contribution in [0, 0.1) is 0 Å². The first kappa shape index (κ1) is 77.8. The third-order valence-corrected chi connectivity index (χ3v) is 33.0. The summed E-state index contributed by atoms with van der Waals surface area (Å²) < 4.78 is 61.5. The molecule has 0 aliphatic heterocycles. The molecule has 11 heterocycles. The van der Waals surface area contributed by atoms with Crippen LogP contribution < -0.4 is 4.90 Å². The molecule has 0 saturated carbocycles. The second-order valence-electron chi connectivity index (χ2n) is 39.5. The van der Waals surface area contributed by atoms with Gasteiger partial charge in [-0.25, -0.2) is 9.97 Å². The van der Waals surface area contributed by atoms with Gasteiger partial charge >= 0.3 is 0 Å². The lowest BCUT2D eigenvalue weighted by molar-refractivity contribution is 1.01. The topological polar surface area (TPSA) is 57.0 Å². The van der Waals surface area contributed by atoms with Gasteiger partial charge in [-0.15, -0.1) is 11.3 Å². The summed E-state index contributed by atoms with van der Waals surface area (Å²) >= 11 is 1.65. The second-order valence-corrected chi connectivity index (χ2v) is 40.6. The van der Waals surface area contributed by atoms with Gasteiger partial charge in [0.1, 0.15) is 0 Å². The van der Waals surface area contributed by atoms with Gasteiger partial charge in [0.15, 0.2) is 0 Å². The number of anilines is 3. The zero-order chi connectivity index (χ0) is 102. The van der Waals surface area contributed by atoms with E-state index in [-0.39, 0.29) is 29.7 Å². The third-order valence-electron chi connectivity index (χ3n) is 31.9. The molecule has 0 atom stereocenters. The van der Waals surface area contributed by atoms with Gasteiger partial charge in [-0.2, -0.15) is 0 Å². The predicted octanol–water partition coefficient (Wildman–Crippen LogP) is 38.0. The Labute approximate surface area is 868 Å². The number of hydrogen-bond donors (Lipinski definition) is 0. The molecular weight excluding hydrogens is 1840 g/mol. The van der Waals surface area contributed by atoms with E-state index in [2.05, 4.69) is 493 Å². The zero-order valence-corrected chi connectivity index (χ0v) is 81.3. The Morgan fingerprint density at radius 2 is 0.580 bits per heavy atom. The zero-order valence-electron chi connectivity index (χ0n) is 85.5. The molecule has 35 rings (SSSR count). The van der Waals surface area contributed by atoms with Crippen LogP contribution in [-0.2, 0) is 0 Å². The molecule has 11 aromatic heterocycles. The summed E-state index contributed by atoms with van der Waals surface area (Å²) in [5.41, 5.74) is 28.8. The minimum atomic E-state index is -0.403. The second kappa shape index (κ2) is 31.9. The van der Waals surface area contributed by atoms with Gasteiger partial charge in [0.2, 0.25) is 5.95 Å². The smallest absolute Gasteiger partial charge is 0.235 e. The summed E-state index contributed by atoms with van der Waals surface area (Å²) in [6, 6.07) is 168. The summed E-state index contributed by atoms with van der Waals surface area (Å²) in [5, 5.41) is 32.4. The molecule has 9 nitrogen and oxygen atoms in total. The Kier molecular flexibility index (Phi) is 16.5. The number of benzene rings is 24. The maximum atomic E-state index is 9.34. The highest BCUT2D eigenvalue weighted by molar-refractivity contribution is 7.26. The molecule has 0 radical (unpaired) electrons. The number of fused-ring (bicyclic) bond motifs is 43. The number of rotatable bonds is 9. The standard InChI is InChI=1S/C54H33N5.C46H26N2S.C40H24N2/c1-3-16-35(17-4-1)57(36-18-5-2-6-19-36)37-32-30-34(31-33-37)50-42-23-9-12-27-45(42)55-54(56-50)59-47-29-14-11-24-43(47)48-39-21-7-8-22-40(39)49-44-26-15-25-41-38-20-10-13-28-46(38)58(51(41)44)52(49)53(48)59;1-2-13-27(14-3-1)40-37(25-26-39-43(40)33-19-8-11-24-38(33)49-39)47-36-23-10-7-18-32(36)41-29-16-4-5-17-30(29)42-34-21-12-20-31-28-15-6-9-22-35(28)48(44(31)34)46(42)45(41)47;1-2-12-25(13-3-1)26-14-10-15-27(24-26)41-35-23-9-7-19-32(35)36-29-17-4-5-18-31(29)39-37(40(36)41)33-21-11-20-30-28-16-6-8-22-34(28)42(39)38(30)33/h1-33H;1-26H;1-24H/i;1D,2D,3D,13D,14D;. The molecule has 150 heavy (non-hydrogen) atoms. The molecule has 0 aliphatic carbocycles. The first-order valence-electron chi connectivity index (χ1n) is 53.6. The SMILES string of the molecule is [2H]c1c([2H])c([2H])c(-c2c(-n3c4ccccc4c4c5ccccc5c5c6cccc7c8ccccc8n(c76)c5c43)ccc3sc4ccccc4c23)c([2H])c1[2H].c1ccc(-c2cccc(-n3c4ccccc4c4c5ccccc5c5c(c6cccc7c8ccccc8n5c76)c43)c2)cc1.c1ccc(N(c2ccccc2)c2ccc(-c3nc(-n4c5ccccc5c5c6ccccc6c6c7cccc8c9ccccc9n(c87)c6c54)nc4ccccc34)cc2)cc1. The minimum Gasteiger partial charge on any atom is -0.311 e.